The van der Waals surface area contributed by atoms with Crippen LogP contribution in [0.5, 0.6) is 5.75 Å². The number of rotatable bonds is 5. The van der Waals surface area contributed by atoms with E-state index in [4.69, 9.17) is 4.74 Å². The number of amides is 1. The third-order valence-corrected chi connectivity index (χ3v) is 3.22. The van der Waals surface area contributed by atoms with E-state index in [1.54, 1.807) is 0 Å². The highest BCUT2D eigenvalue weighted by Crippen LogP contribution is 2.19. The topological polar surface area (TPSA) is 50.4 Å². The van der Waals surface area contributed by atoms with Crippen molar-refractivity contribution in [1.82, 2.24) is 5.32 Å². The Morgan fingerprint density at radius 1 is 1.40 bits per heavy atom. The molecule has 0 atom stereocenters. The van der Waals surface area contributed by atoms with Crippen LogP contribution < -0.4 is 15.4 Å². The molecule has 1 heterocycles. The second-order valence-corrected chi connectivity index (χ2v) is 5.52. The molecule has 1 amide bonds. The highest BCUT2D eigenvalue weighted by Gasteiger charge is 2.16. The number of hydrogen-bond donors (Lipinski definition) is 2. The molecule has 0 spiro atoms. The molecule has 108 valence electrons. The van der Waals surface area contributed by atoms with Gasteiger partial charge in [0.05, 0.1) is 6.61 Å². The number of carbonyl (C=O) groups excluding carboxylic acids is 1. The Bertz CT molecular complexity index is 515. The van der Waals surface area contributed by atoms with Gasteiger partial charge < -0.3 is 15.4 Å². The molecule has 1 aromatic rings. The Morgan fingerprint density at radius 3 is 2.75 bits per heavy atom. The molecule has 1 saturated heterocycles. The van der Waals surface area contributed by atoms with Gasteiger partial charge in [0.25, 0.3) is 5.91 Å². The summed E-state index contributed by atoms with van der Waals surface area (Å²) >= 11 is 0. The average molecular weight is 274 g/mol. The van der Waals surface area contributed by atoms with Gasteiger partial charge in [0.15, 0.2) is 0 Å². The number of ether oxygens (including phenoxy) is 1. The van der Waals surface area contributed by atoms with E-state index in [1.807, 2.05) is 31.2 Å². The SMILES string of the molecule is CC(C(=O)Nc1cccc(OCC(C)C)c1)=C1CNC1. The van der Waals surface area contributed by atoms with Crippen molar-refractivity contribution >= 4 is 11.6 Å². The van der Waals surface area contributed by atoms with Crippen LogP contribution in [-0.2, 0) is 4.79 Å². The first-order valence-corrected chi connectivity index (χ1v) is 7.00. The fourth-order valence-corrected chi connectivity index (χ4v) is 1.83. The Balaban J connectivity index is 1.98. The van der Waals surface area contributed by atoms with Gasteiger partial charge in [0, 0.05) is 30.4 Å². The Hall–Kier alpha value is -1.81. The van der Waals surface area contributed by atoms with Crippen molar-refractivity contribution in [3.8, 4) is 5.75 Å². The Labute approximate surface area is 120 Å². The van der Waals surface area contributed by atoms with Crippen LogP contribution in [-0.4, -0.2) is 25.6 Å². The second kappa shape index (κ2) is 6.57. The van der Waals surface area contributed by atoms with Gasteiger partial charge in [0.2, 0.25) is 0 Å². The van der Waals surface area contributed by atoms with Crippen LogP contribution in [0.15, 0.2) is 35.4 Å². The number of benzene rings is 1. The minimum atomic E-state index is -0.0393. The number of nitrogens with one attached hydrogen (secondary N) is 2. The lowest BCUT2D eigenvalue weighted by molar-refractivity contribution is -0.112. The molecule has 1 aromatic carbocycles. The minimum absolute atomic E-state index is 0.0393. The number of carbonyl (C=O) groups is 1. The third kappa shape index (κ3) is 3.84. The van der Waals surface area contributed by atoms with E-state index in [0.717, 1.165) is 30.1 Å². The third-order valence-electron chi connectivity index (χ3n) is 3.22. The van der Waals surface area contributed by atoms with Gasteiger partial charge in [-0.25, -0.2) is 0 Å². The van der Waals surface area contributed by atoms with Gasteiger partial charge in [-0.15, -0.1) is 0 Å². The standard InChI is InChI=1S/C16H22N2O2/c1-11(2)10-20-15-6-4-5-14(7-15)18-16(19)12(3)13-8-17-9-13/h4-7,11,17H,8-10H2,1-3H3,(H,18,19). The van der Waals surface area contributed by atoms with E-state index in [9.17, 15) is 4.79 Å². The molecule has 0 aromatic heterocycles. The summed E-state index contributed by atoms with van der Waals surface area (Å²) in [6, 6.07) is 7.52. The van der Waals surface area contributed by atoms with Gasteiger partial charge in [-0.3, -0.25) is 4.79 Å². The second-order valence-electron chi connectivity index (χ2n) is 5.52. The zero-order chi connectivity index (χ0) is 14.5. The highest BCUT2D eigenvalue weighted by molar-refractivity contribution is 6.04. The molecule has 0 saturated carbocycles. The summed E-state index contributed by atoms with van der Waals surface area (Å²) in [5.41, 5.74) is 2.75. The van der Waals surface area contributed by atoms with Gasteiger partial charge >= 0.3 is 0 Å². The van der Waals surface area contributed by atoms with Crippen molar-refractivity contribution in [1.29, 1.82) is 0 Å². The van der Waals surface area contributed by atoms with Crippen molar-refractivity contribution in [2.45, 2.75) is 20.8 Å². The fraction of sp³-hybridized carbons (Fsp3) is 0.438. The molecule has 0 radical (unpaired) electrons. The summed E-state index contributed by atoms with van der Waals surface area (Å²) in [5.74, 6) is 1.22. The quantitative estimate of drug-likeness (QED) is 0.811. The molecule has 1 aliphatic rings. The Kier molecular flexibility index (Phi) is 4.79. The first-order valence-electron chi connectivity index (χ1n) is 7.00. The van der Waals surface area contributed by atoms with Crippen LogP contribution in [0.25, 0.3) is 0 Å². The predicted octanol–water partition coefficient (Wildman–Crippen LogP) is 2.58. The molecule has 0 unspecified atom stereocenters. The van der Waals surface area contributed by atoms with Crippen LogP contribution in [0.2, 0.25) is 0 Å². The van der Waals surface area contributed by atoms with E-state index < -0.39 is 0 Å². The molecule has 0 aliphatic carbocycles. The molecule has 2 rings (SSSR count). The van der Waals surface area contributed by atoms with Crippen molar-refractivity contribution in [3.63, 3.8) is 0 Å². The van der Waals surface area contributed by atoms with Crippen molar-refractivity contribution < 1.29 is 9.53 Å². The Morgan fingerprint density at radius 2 is 2.15 bits per heavy atom. The monoisotopic (exact) mass is 274 g/mol. The van der Waals surface area contributed by atoms with Crippen molar-refractivity contribution in [2.24, 2.45) is 5.92 Å². The molecule has 20 heavy (non-hydrogen) atoms. The summed E-state index contributed by atoms with van der Waals surface area (Å²) in [7, 11) is 0. The molecular formula is C16H22N2O2. The van der Waals surface area contributed by atoms with E-state index in [1.165, 1.54) is 5.57 Å². The highest BCUT2D eigenvalue weighted by atomic mass is 16.5. The predicted molar refractivity (Wildman–Crippen MR) is 81.0 cm³/mol. The maximum atomic E-state index is 12.1. The maximum Gasteiger partial charge on any atom is 0.251 e. The van der Waals surface area contributed by atoms with Gasteiger partial charge in [0.1, 0.15) is 5.75 Å². The minimum Gasteiger partial charge on any atom is -0.493 e. The summed E-state index contributed by atoms with van der Waals surface area (Å²) in [5, 5.41) is 6.05. The molecule has 1 aliphatic heterocycles. The summed E-state index contributed by atoms with van der Waals surface area (Å²) in [6.45, 7) is 8.38. The lowest BCUT2D eigenvalue weighted by atomic mass is 10.0. The van der Waals surface area contributed by atoms with E-state index in [0.29, 0.717) is 12.5 Å². The molecule has 1 fully saturated rings. The van der Waals surface area contributed by atoms with E-state index in [2.05, 4.69) is 24.5 Å². The molecule has 0 bridgehead atoms. The largest absolute Gasteiger partial charge is 0.493 e. The summed E-state index contributed by atoms with van der Waals surface area (Å²) < 4.78 is 5.66. The zero-order valence-electron chi connectivity index (χ0n) is 12.3. The smallest absolute Gasteiger partial charge is 0.251 e. The van der Waals surface area contributed by atoms with Gasteiger partial charge in [-0.2, -0.15) is 0 Å². The number of anilines is 1. The maximum absolute atomic E-state index is 12.1. The van der Waals surface area contributed by atoms with Crippen LogP contribution in [0.3, 0.4) is 0 Å². The molecule has 4 nitrogen and oxygen atoms in total. The van der Waals surface area contributed by atoms with Gasteiger partial charge in [-0.1, -0.05) is 19.9 Å². The lowest BCUT2D eigenvalue weighted by Crippen LogP contribution is -2.36. The normalized spacial score (nSPS) is 13.9. The zero-order valence-corrected chi connectivity index (χ0v) is 12.3. The summed E-state index contributed by atoms with van der Waals surface area (Å²) in [4.78, 5) is 12.1. The lowest BCUT2D eigenvalue weighted by Gasteiger charge is -2.21. The van der Waals surface area contributed by atoms with Crippen molar-refractivity contribution in [3.05, 3.63) is 35.4 Å². The fourth-order valence-electron chi connectivity index (χ4n) is 1.83. The van der Waals surface area contributed by atoms with Crippen LogP contribution in [0.1, 0.15) is 20.8 Å². The summed E-state index contributed by atoms with van der Waals surface area (Å²) in [6.07, 6.45) is 0. The molecule has 4 heteroatoms. The van der Waals surface area contributed by atoms with Crippen molar-refractivity contribution in [2.75, 3.05) is 25.0 Å². The molecular weight excluding hydrogens is 252 g/mol. The van der Waals surface area contributed by atoms with Crippen LogP contribution in [0.4, 0.5) is 5.69 Å². The molecule has 2 N–H and O–H groups in total. The first kappa shape index (κ1) is 14.6. The van der Waals surface area contributed by atoms with Gasteiger partial charge in [-0.05, 0) is 30.5 Å². The average Bonchev–Trinajstić information content (AvgIpc) is 2.34. The van der Waals surface area contributed by atoms with Crippen LogP contribution in [0, 0.1) is 5.92 Å². The van der Waals surface area contributed by atoms with E-state index in [-0.39, 0.29) is 5.91 Å². The first-order chi connectivity index (χ1) is 9.56. The van der Waals surface area contributed by atoms with E-state index >= 15 is 0 Å². The van der Waals surface area contributed by atoms with Crippen LogP contribution >= 0.6 is 0 Å². The number of hydrogen-bond acceptors (Lipinski definition) is 3.